The van der Waals surface area contributed by atoms with Crippen molar-refractivity contribution < 1.29 is 30.3 Å². The molecule has 0 saturated carbocycles. The summed E-state index contributed by atoms with van der Waals surface area (Å²) >= 11 is 0. The minimum atomic E-state index is -1.47. The predicted octanol–water partition coefficient (Wildman–Crippen LogP) is -3.26. The van der Waals surface area contributed by atoms with Crippen molar-refractivity contribution in [1.29, 1.82) is 0 Å². The Hall–Kier alpha value is -1.10. The molecule has 0 aromatic carbocycles. The zero-order valence-corrected chi connectivity index (χ0v) is 9.36. The van der Waals surface area contributed by atoms with Crippen molar-refractivity contribution in [3.05, 3.63) is 11.9 Å². The molecule has 0 radical (unpaired) electrons. The number of aliphatic hydroxyl groups excluding tert-OH is 5. The fourth-order valence-corrected chi connectivity index (χ4v) is 1.81. The summed E-state index contributed by atoms with van der Waals surface area (Å²) in [5, 5.41) is 54.1. The molecule has 18 heavy (non-hydrogen) atoms. The van der Waals surface area contributed by atoms with Gasteiger partial charge in [0.15, 0.2) is 6.23 Å². The molecule has 2 heterocycles. The number of ether oxygens (including phenoxy) is 1. The van der Waals surface area contributed by atoms with Crippen LogP contribution in [-0.2, 0) is 11.3 Å². The summed E-state index contributed by atoms with van der Waals surface area (Å²) in [6.07, 6.45) is -5.06. The van der Waals surface area contributed by atoms with Crippen LogP contribution in [0.4, 0.5) is 0 Å². The molecule has 9 heteroatoms. The molecule has 1 aliphatic rings. The molecule has 9 nitrogen and oxygen atoms in total. The molecule has 0 spiro atoms. The van der Waals surface area contributed by atoms with Gasteiger partial charge < -0.3 is 30.3 Å². The van der Waals surface area contributed by atoms with Crippen LogP contribution >= 0.6 is 0 Å². The van der Waals surface area contributed by atoms with Crippen LogP contribution in [0, 0.1) is 0 Å². The molecule has 0 amide bonds. The van der Waals surface area contributed by atoms with Gasteiger partial charge in [0.1, 0.15) is 30.1 Å². The van der Waals surface area contributed by atoms with E-state index in [4.69, 9.17) is 14.9 Å². The molecule has 2 rings (SSSR count). The van der Waals surface area contributed by atoms with Crippen molar-refractivity contribution in [2.75, 3.05) is 6.61 Å². The Morgan fingerprint density at radius 1 is 1.17 bits per heavy atom. The molecule has 1 saturated heterocycles. The molecule has 1 fully saturated rings. The minimum absolute atomic E-state index is 0.270. The van der Waals surface area contributed by atoms with Gasteiger partial charge >= 0.3 is 0 Å². The fourth-order valence-electron chi connectivity index (χ4n) is 1.81. The van der Waals surface area contributed by atoms with Crippen LogP contribution in [0.15, 0.2) is 6.20 Å². The number of aromatic nitrogens is 3. The highest BCUT2D eigenvalue weighted by Gasteiger charge is 2.44. The molecule has 5 atom stereocenters. The van der Waals surface area contributed by atoms with Crippen molar-refractivity contribution in [2.45, 2.75) is 37.3 Å². The topological polar surface area (TPSA) is 141 Å². The van der Waals surface area contributed by atoms with Gasteiger partial charge in [0, 0.05) is 0 Å². The molecule has 0 bridgehead atoms. The zero-order chi connectivity index (χ0) is 13.3. The second kappa shape index (κ2) is 5.26. The van der Waals surface area contributed by atoms with E-state index in [1.807, 2.05) is 0 Å². The third-order valence-corrected chi connectivity index (χ3v) is 2.85. The number of nitrogens with zero attached hydrogens (tertiary/aromatic N) is 3. The van der Waals surface area contributed by atoms with E-state index in [1.54, 1.807) is 0 Å². The molecule has 0 aliphatic carbocycles. The van der Waals surface area contributed by atoms with Crippen LogP contribution in [0.1, 0.15) is 11.9 Å². The number of rotatable bonds is 3. The maximum absolute atomic E-state index is 9.79. The second-order valence-corrected chi connectivity index (χ2v) is 4.07. The maximum Gasteiger partial charge on any atom is 0.180 e. The molecular weight excluding hydrogens is 246 g/mol. The summed E-state index contributed by atoms with van der Waals surface area (Å²) in [7, 11) is 0. The summed E-state index contributed by atoms with van der Waals surface area (Å²) in [6, 6.07) is 0. The maximum atomic E-state index is 9.79. The van der Waals surface area contributed by atoms with E-state index in [0.717, 1.165) is 4.68 Å². The third-order valence-electron chi connectivity index (χ3n) is 2.85. The van der Waals surface area contributed by atoms with Crippen LogP contribution in [0.5, 0.6) is 0 Å². The lowest BCUT2D eigenvalue weighted by Crippen LogP contribution is -2.56. The normalized spacial score (nSPS) is 36.8. The first-order chi connectivity index (χ1) is 8.58. The lowest BCUT2D eigenvalue weighted by molar-refractivity contribution is -0.254. The first-order valence-electron chi connectivity index (χ1n) is 5.40. The van der Waals surface area contributed by atoms with Gasteiger partial charge in [-0.1, -0.05) is 5.21 Å². The van der Waals surface area contributed by atoms with Gasteiger partial charge in [-0.05, 0) is 0 Å². The Labute approximate surface area is 102 Å². The van der Waals surface area contributed by atoms with E-state index in [2.05, 4.69) is 10.3 Å². The summed E-state index contributed by atoms with van der Waals surface area (Å²) < 4.78 is 6.36. The van der Waals surface area contributed by atoms with Gasteiger partial charge in [0.2, 0.25) is 0 Å². The average molecular weight is 261 g/mol. The summed E-state index contributed by atoms with van der Waals surface area (Å²) in [6.45, 7) is -0.833. The van der Waals surface area contributed by atoms with Gasteiger partial charge in [-0.25, -0.2) is 4.68 Å². The highest BCUT2D eigenvalue weighted by atomic mass is 16.6. The zero-order valence-electron chi connectivity index (χ0n) is 9.36. The van der Waals surface area contributed by atoms with Gasteiger partial charge in [-0.3, -0.25) is 0 Å². The molecule has 5 N–H and O–H groups in total. The van der Waals surface area contributed by atoms with Crippen LogP contribution in [0.3, 0.4) is 0 Å². The Kier molecular flexibility index (Phi) is 3.90. The lowest BCUT2D eigenvalue weighted by atomic mass is 9.98. The first-order valence-corrected chi connectivity index (χ1v) is 5.40. The minimum Gasteiger partial charge on any atom is -0.394 e. The number of aliphatic hydroxyl groups is 5. The van der Waals surface area contributed by atoms with Crippen molar-refractivity contribution in [3.63, 3.8) is 0 Å². The second-order valence-electron chi connectivity index (χ2n) is 4.07. The molecule has 1 aliphatic heterocycles. The van der Waals surface area contributed by atoms with Crippen LogP contribution in [0.25, 0.3) is 0 Å². The van der Waals surface area contributed by atoms with Crippen molar-refractivity contribution in [2.24, 2.45) is 0 Å². The SMILES string of the molecule is OCc1cn([C@@H]2O[C@H](CO)[C@H](O)[C@H](O)[C@H]2O)nn1. The highest BCUT2D eigenvalue weighted by molar-refractivity contribution is 4.95. The molecule has 0 unspecified atom stereocenters. The van der Waals surface area contributed by atoms with E-state index < -0.39 is 37.3 Å². The third kappa shape index (κ3) is 2.23. The molecule has 1 aromatic heterocycles. The Balaban J connectivity index is 2.21. The molecule has 1 aromatic rings. The average Bonchev–Trinajstić information content (AvgIpc) is 2.85. The van der Waals surface area contributed by atoms with Crippen molar-refractivity contribution >= 4 is 0 Å². The number of hydrogen-bond donors (Lipinski definition) is 5. The Morgan fingerprint density at radius 3 is 2.44 bits per heavy atom. The smallest absolute Gasteiger partial charge is 0.180 e. The number of hydrogen-bond acceptors (Lipinski definition) is 8. The Morgan fingerprint density at radius 2 is 1.89 bits per heavy atom. The summed E-state index contributed by atoms with van der Waals surface area (Å²) in [5.41, 5.74) is 0.270. The molecular formula is C9H15N3O6. The first kappa shape index (κ1) is 13.3. The van der Waals surface area contributed by atoms with E-state index >= 15 is 0 Å². The quantitative estimate of drug-likeness (QED) is 0.382. The highest BCUT2D eigenvalue weighted by Crippen LogP contribution is 2.27. The standard InChI is InChI=1S/C9H15N3O6/c13-2-4-1-12(11-10-4)9-8(17)7(16)6(15)5(3-14)18-9/h1,5-9,13-17H,2-3H2/t5-,6+,7+,8-,9-/m1/s1. The van der Waals surface area contributed by atoms with Gasteiger partial charge in [0.05, 0.1) is 19.4 Å². The Bertz CT molecular complexity index is 397. The van der Waals surface area contributed by atoms with E-state index in [0.29, 0.717) is 0 Å². The van der Waals surface area contributed by atoms with Gasteiger partial charge in [0.25, 0.3) is 0 Å². The molecule has 102 valence electrons. The van der Waals surface area contributed by atoms with Crippen LogP contribution < -0.4 is 0 Å². The van der Waals surface area contributed by atoms with Crippen LogP contribution in [-0.4, -0.2) is 71.5 Å². The van der Waals surface area contributed by atoms with Crippen molar-refractivity contribution in [3.8, 4) is 0 Å². The summed E-state index contributed by atoms with van der Waals surface area (Å²) in [4.78, 5) is 0. The fraction of sp³-hybridized carbons (Fsp3) is 0.778. The summed E-state index contributed by atoms with van der Waals surface area (Å²) in [5.74, 6) is 0. The monoisotopic (exact) mass is 261 g/mol. The predicted molar refractivity (Wildman–Crippen MR) is 55.0 cm³/mol. The van der Waals surface area contributed by atoms with Gasteiger partial charge in [-0.15, -0.1) is 5.10 Å². The van der Waals surface area contributed by atoms with Crippen molar-refractivity contribution in [1.82, 2.24) is 15.0 Å². The lowest BCUT2D eigenvalue weighted by Gasteiger charge is -2.39. The van der Waals surface area contributed by atoms with E-state index in [1.165, 1.54) is 6.20 Å². The van der Waals surface area contributed by atoms with E-state index in [9.17, 15) is 15.3 Å². The van der Waals surface area contributed by atoms with Crippen LogP contribution in [0.2, 0.25) is 0 Å². The largest absolute Gasteiger partial charge is 0.394 e. The van der Waals surface area contributed by atoms with Gasteiger partial charge in [-0.2, -0.15) is 0 Å². The van der Waals surface area contributed by atoms with E-state index in [-0.39, 0.29) is 12.3 Å².